The molecule has 1 aromatic rings. The zero-order chi connectivity index (χ0) is 18.7. The van der Waals surface area contributed by atoms with Gasteiger partial charge in [0.05, 0.1) is 0 Å². The van der Waals surface area contributed by atoms with Crippen molar-refractivity contribution in [1.82, 2.24) is 15.5 Å². The van der Waals surface area contributed by atoms with E-state index < -0.39 is 41.9 Å². The van der Waals surface area contributed by atoms with Gasteiger partial charge < -0.3 is 15.7 Å². The highest BCUT2D eigenvalue weighted by molar-refractivity contribution is 6.09. The van der Waals surface area contributed by atoms with E-state index in [2.05, 4.69) is 10.6 Å². The van der Waals surface area contributed by atoms with Crippen LogP contribution in [0.5, 0.6) is 0 Å². The average molecular weight is 359 g/mol. The van der Waals surface area contributed by atoms with Crippen LogP contribution in [-0.2, 0) is 20.8 Å². The first-order chi connectivity index (χ1) is 12.4. The number of aliphatic carboxylic acids is 1. The van der Waals surface area contributed by atoms with Crippen LogP contribution in [0.4, 0.5) is 4.79 Å². The maximum absolute atomic E-state index is 12.5. The van der Waals surface area contributed by atoms with Crippen molar-refractivity contribution in [2.24, 2.45) is 0 Å². The molecule has 1 aliphatic heterocycles. The second-order valence-electron chi connectivity index (χ2n) is 6.76. The number of hydrogen-bond donors (Lipinski definition) is 3. The zero-order valence-electron chi connectivity index (χ0n) is 14.2. The normalized spacial score (nSPS) is 19.5. The molecule has 2 aliphatic rings. The molecule has 8 nitrogen and oxygen atoms in total. The summed E-state index contributed by atoms with van der Waals surface area (Å²) in [6.07, 6.45) is 2.96. The maximum atomic E-state index is 12.5. The fraction of sp³-hybridized carbons (Fsp3) is 0.444. The van der Waals surface area contributed by atoms with Crippen LogP contribution >= 0.6 is 0 Å². The molecular formula is C18H21N3O5. The van der Waals surface area contributed by atoms with Crippen LogP contribution in [-0.4, -0.2) is 51.9 Å². The second-order valence-corrected chi connectivity index (χ2v) is 6.76. The van der Waals surface area contributed by atoms with Crippen LogP contribution in [0.25, 0.3) is 0 Å². The lowest BCUT2D eigenvalue weighted by atomic mass is 9.98. The molecule has 1 heterocycles. The molecule has 138 valence electrons. The number of nitrogens with one attached hydrogen (secondary N) is 2. The van der Waals surface area contributed by atoms with E-state index in [-0.39, 0.29) is 6.42 Å². The topological polar surface area (TPSA) is 116 Å². The standard InChI is InChI=1S/C18H21N3O5/c22-14(19-13(15(23)24)10-12-6-2-1-3-7-12)11-21-16(25)18(20-17(21)26)8-4-5-9-18/h1-3,6-7,13H,4-5,8-11H2,(H,19,22)(H,20,26)(H,23,24)/t13-/m1/s1. The molecule has 1 saturated carbocycles. The number of carboxylic acid groups (broad SMARTS) is 1. The third-order valence-corrected chi connectivity index (χ3v) is 4.92. The summed E-state index contributed by atoms with van der Waals surface area (Å²) in [4.78, 5) is 49.2. The predicted molar refractivity (Wildman–Crippen MR) is 91.2 cm³/mol. The SMILES string of the molecule is O=C(CN1C(=O)NC2(CCCC2)C1=O)N[C@H](Cc1ccccc1)C(=O)O. The van der Waals surface area contributed by atoms with E-state index in [1.54, 1.807) is 24.3 Å². The molecule has 1 aromatic carbocycles. The molecule has 0 bridgehead atoms. The minimum Gasteiger partial charge on any atom is -0.480 e. The highest BCUT2D eigenvalue weighted by Crippen LogP contribution is 2.34. The number of carboxylic acids is 1. The van der Waals surface area contributed by atoms with Gasteiger partial charge in [0, 0.05) is 6.42 Å². The third kappa shape index (κ3) is 3.54. The molecule has 0 aromatic heterocycles. The van der Waals surface area contributed by atoms with Gasteiger partial charge >= 0.3 is 12.0 Å². The molecular weight excluding hydrogens is 338 g/mol. The van der Waals surface area contributed by atoms with E-state index >= 15 is 0 Å². The Morgan fingerprint density at radius 1 is 1.19 bits per heavy atom. The Kier molecular flexibility index (Phi) is 4.92. The van der Waals surface area contributed by atoms with Gasteiger partial charge in [0.25, 0.3) is 5.91 Å². The lowest BCUT2D eigenvalue weighted by Gasteiger charge is -2.20. The van der Waals surface area contributed by atoms with Crippen LogP contribution in [0.3, 0.4) is 0 Å². The molecule has 26 heavy (non-hydrogen) atoms. The highest BCUT2D eigenvalue weighted by Gasteiger charge is 2.52. The zero-order valence-corrected chi connectivity index (χ0v) is 14.2. The van der Waals surface area contributed by atoms with Crippen LogP contribution in [0.2, 0.25) is 0 Å². The summed E-state index contributed by atoms with van der Waals surface area (Å²) in [5.74, 6) is -2.25. The first-order valence-electron chi connectivity index (χ1n) is 8.61. The molecule has 0 unspecified atom stereocenters. The lowest BCUT2D eigenvalue weighted by Crippen LogP contribution is -2.48. The van der Waals surface area contributed by atoms with Crippen molar-refractivity contribution >= 4 is 23.8 Å². The quantitative estimate of drug-likeness (QED) is 0.646. The number of carbonyl (C=O) groups excluding carboxylic acids is 3. The second kappa shape index (κ2) is 7.15. The summed E-state index contributed by atoms with van der Waals surface area (Å²) < 4.78 is 0. The van der Waals surface area contributed by atoms with Gasteiger partial charge in [-0.25, -0.2) is 9.59 Å². The molecule has 4 amide bonds. The summed E-state index contributed by atoms with van der Waals surface area (Å²) in [7, 11) is 0. The Hall–Kier alpha value is -2.90. The fourth-order valence-corrected chi connectivity index (χ4v) is 3.57. The molecule has 2 fully saturated rings. The summed E-state index contributed by atoms with van der Waals surface area (Å²) in [5.41, 5.74) is -0.117. The van der Waals surface area contributed by atoms with Crippen molar-refractivity contribution in [3.8, 4) is 0 Å². The van der Waals surface area contributed by atoms with E-state index in [1.807, 2.05) is 6.07 Å². The highest BCUT2D eigenvalue weighted by atomic mass is 16.4. The maximum Gasteiger partial charge on any atom is 0.326 e. The summed E-state index contributed by atoms with van der Waals surface area (Å²) >= 11 is 0. The summed E-state index contributed by atoms with van der Waals surface area (Å²) in [6.45, 7) is -0.481. The fourth-order valence-electron chi connectivity index (χ4n) is 3.57. The number of amides is 4. The first kappa shape index (κ1) is 17.9. The Morgan fingerprint density at radius 3 is 2.46 bits per heavy atom. The van der Waals surface area contributed by atoms with Crippen molar-refractivity contribution in [3.05, 3.63) is 35.9 Å². The van der Waals surface area contributed by atoms with Gasteiger partial charge in [0.1, 0.15) is 18.1 Å². The van der Waals surface area contributed by atoms with Crippen LogP contribution in [0, 0.1) is 0 Å². The minimum atomic E-state index is -1.17. The molecule has 0 radical (unpaired) electrons. The van der Waals surface area contributed by atoms with Gasteiger partial charge in [0.2, 0.25) is 5.91 Å². The summed E-state index contributed by atoms with van der Waals surface area (Å²) in [5, 5.41) is 14.4. The van der Waals surface area contributed by atoms with E-state index in [0.29, 0.717) is 12.8 Å². The van der Waals surface area contributed by atoms with E-state index in [1.165, 1.54) is 0 Å². The van der Waals surface area contributed by atoms with Crippen molar-refractivity contribution in [2.45, 2.75) is 43.7 Å². The van der Waals surface area contributed by atoms with Crippen molar-refractivity contribution in [3.63, 3.8) is 0 Å². The monoisotopic (exact) mass is 359 g/mol. The molecule has 8 heteroatoms. The first-order valence-corrected chi connectivity index (χ1v) is 8.61. The number of urea groups is 1. The Morgan fingerprint density at radius 2 is 1.85 bits per heavy atom. The number of benzene rings is 1. The smallest absolute Gasteiger partial charge is 0.326 e. The lowest BCUT2D eigenvalue weighted by molar-refractivity contribution is -0.142. The van der Waals surface area contributed by atoms with Crippen molar-refractivity contribution < 1.29 is 24.3 Å². The molecule has 1 spiro atoms. The van der Waals surface area contributed by atoms with Crippen molar-refractivity contribution in [2.75, 3.05) is 6.54 Å². The molecule has 3 rings (SSSR count). The Balaban J connectivity index is 1.62. The van der Waals surface area contributed by atoms with Gasteiger partial charge in [0.15, 0.2) is 0 Å². The van der Waals surface area contributed by atoms with Gasteiger partial charge in [-0.2, -0.15) is 0 Å². The van der Waals surface area contributed by atoms with Gasteiger partial charge in [-0.1, -0.05) is 43.2 Å². The van der Waals surface area contributed by atoms with Crippen LogP contribution < -0.4 is 10.6 Å². The molecule has 1 saturated heterocycles. The molecule has 1 atom stereocenters. The predicted octanol–water partition coefficient (Wildman–Crippen LogP) is 0.663. The largest absolute Gasteiger partial charge is 0.480 e. The number of rotatable bonds is 6. The number of imide groups is 1. The third-order valence-electron chi connectivity index (χ3n) is 4.92. The average Bonchev–Trinajstić information content (AvgIpc) is 3.16. The van der Waals surface area contributed by atoms with Crippen molar-refractivity contribution in [1.29, 1.82) is 0 Å². The summed E-state index contributed by atoms with van der Waals surface area (Å²) in [6, 6.07) is 7.18. The van der Waals surface area contributed by atoms with E-state index in [0.717, 1.165) is 23.3 Å². The molecule has 3 N–H and O–H groups in total. The number of hydrogen-bond acceptors (Lipinski definition) is 4. The van der Waals surface area contributed by atoms with Crippen LogP contribution in [0.15, 0.2) is 30.3 Å². The van der Waals surface area contributed by atoms with Crippen LogP contribution in [0.1, 0.15) is 31.2 Å². The Bertz CT molecular complexity index is 728. The minimum absolute atomic E-state index is 0.117. The van der Waals surface area contributed by atoms with Gasteiger partial charge in [-0.05, 0) is 18.4 Å². The number of carbonyl (C=O) groups is 4. The number of nitrogens with zero attached hydrogens (tertiary/aromatic N) is 1. The Labute approximate surface area is 150 Å². The van der Waals surface area contributed by atoms with E-state index in [9.17, 15) is 24.3 Å². The van der Waals surface area contributed by atoms with Gasteiger partial charge in [-0.3, -0.25) is 14.5 Å². The van der Waals surface area contributed by atoms with E-state index in [4.69, 9.17) is 0 Å². The van der Waals surface area contributed by atoms with Gasteiger partial charge in [-0.15, -0.1) is 0 Å². The molecule has 1 aliphatic carbocycles.